The summed E-state index contributed by atoms with van der Waals surface area (Å²) in [6, 6.07) is 0. The van der Waals surface area contributed by atoms with Crippen LogP contribution in [0.2, 0.25) is 19.6 Å². The Morgan fingerprint density at radius 2 is 1.93 bits per heavy atom. The summed E-state index contributed by atoms with van der Waals surface area (Å²) in [5.74, 6) is -0.896. The predicted molar refractivity (Wildman–Crippen MR) is 110 cm³/mol. The van der Waals surface area contributed by atoms with Crippen LogP contribution >= 0.6 is 0 Å². The molecule has 0 radical (unpaired) electrons. The molecule has 0 saturated heterocycles. The van der Waals surface area contributed by atoms with E-state index in [4.69, 9.17) is 9.16 Å². The molecule has 6 heteroatoms. The van der Waals surface area contributed by atoms with Gasteiger partial charge in [-0.1, -0.05) is 26.0 Å². The quantitative estimate of drug-likeness (QED) is 0.437. The molecule has 0 heterocycles. The van der Waals surface area contributed by atoms with Crippen molar-refractivity contribution >= 4 is 20.1 Å². The van der Waals surface area contributed by atoms with Crippen molar-refractivity contribution in [2.75, 3.05) is 6.61 Å². The van der Waals surface area contributed by atoms with Gasteiger partial charge in [0.15, 0.2) is 14.1 Å². The Hall–Kier alpha value is -1.24. The van der Waals surface area contributed by atoms with Crippen molar-refractivity contribution in [1.82, 2.24) is 0 Å². The lowest BCUT2D eigenvalue weighted by molar-refractivity contribution is -0.140. The van der Waals surface area contributed by atoms with Crippen molar-refractivity contribution in [3.05, 3.63) is 23.3 Å². The normalized spacial score (nSPS) is 38.1. The molecule has 0 amide bonds. The monoisotopic (exact) mass is 406 g/mol. The van der Waals surface area contributed by atoms with Gasteiger partial charge in [-0.25, -0.2) is 4.79 Å². The fraction of sp³-hybridized carbons (Fsp3) is 0.727. The van der Waals surface area contributed by atoms with Gasteiger partial charge >= 0.3 is 5.97 Å². The van der Waals surface area contributed by atoms with E-state index in [0.29, 0.717) is 5.57 Å². The van der Waals surface area contributed by atoms with Crippen molar-refractivity contribution in [3.8, 4) is 0 Å². The van der Waals surface area contributed by atoms with Crippen molar-refractivity contribution in [2.45, 2.75) is 78.3 Å². The van der Waals surface area contributed by atoms with Gasteiger partial charge in [-0.2, -0.15) is 0 Å². The number of aliphatic hydroxyl groups is 1. The number of rotatable bonds is 4. The molecule has 156 valence electrons. The number of hydrogen-bond donors (Lipinski definition) is 1. The Balaban J connectivity index is 2.12. The molecule has 3 aliphatic carbocycles. The Kier molecular flexibility index (Phi) is 5.54. The number of carbonyl (C=O) groups excluding carboxylic acids is 2. The van der Waals surface area contributed by atoms with Gasteiger partial charge < -0.3 is 14.3 Å². The van der Waals surface area contributed by atoms with E-state index in [1.54, 1.807) is 13.0 Å². The number of allylic oxidation sites excluding steroid dienone is 2. The maximum atomic E-state index is 14.0. The SMILES string of the molecule is CCOC(=O)C1=C2C(=O)C3[C@@H](O[Si](C)(C)C)CC[C@@]3(C)CCC2(C)C=CC1O. The van der Waals surface area contributed by atoms with E-state index in [1.807, 2.05) is 13.0 Å². The first-order chi connectivity index (χ1) is 12.9. The largest absolute Gasteiger partial charge is 0.463 e. The van der Waals surface area contributed by atoms with Crippen LogP contribution in [-0.4, -0.2) is 44.0 Å². The van der Waals surface area contributed by atoms with E-state index in [0.717, 1.165) is 25.7 Å². The minimum absolute atomic E-state index is 0.0327. The Labute approximate surface area is 169 Å². The maximum absolute atomic E-state index is 14.0. The van der Waals surface area contributed by atoms with E-state index < -0.39 is 25.8 Å². The summed E-state index contributed by atoms with van der Waals surface area (Å²) in [5.41, 5.74) is -0.136. The number of hydrogen-bond acceptors (Lipinski definition) is 5. The number of carbonyl (C=O) groups is 2. The molecule has 0 aliphatic heterocycles. The smallest absolute Gasteiger partial charge is 0.337 e. The molecule has 0 bridgehead atoms. The van der Waals surface area contributed by atoms with Crippen LogP contribution in [0.5, 0.6) is 0 Å². The zero-order valence-corrected chi connectivity index (χ0v) is 19.0. The third-order valence-corrected chi connectivity index (χ3v) is 7.66. The molecule has 3 unspecified atom stereocenters. The molecule has 3 rings (SSSR count). The minimum Gasteiger partial charge on any atom is -0.463 e. The fourth-order valence-electron chi connectivity index (χ4n) is 5.28. The molecule has 1 N–H and O–H groups in total. The van der Waals surface area contributed by atoms with Gasteiger partial charge in [0.2, 0.25) is 0 Å². The first-order valence-corrected chi connectivity index (χ1v) is 13.8. The van der Waals surface area contributed by atoms with Crippen LogP contribution < -0.4 is 0 Å². The number of esters is 1. The molecular weight excluding hydrogens is 372 g/mol. The van der Waals surface area contributed by atoms with Crippen molar-refractivity contribution < 1.29 is 23.9 Å². The average molecular weight is 407 g/mol. The lowest BCUT2D eigenvalue weighted by Gasteiger charge is -2.35. The third-order valence-electron chi connectivity index (χ3n) is 6.65. The lowest BCUT2D eigenvalue weighted by Crippen LogP contribution is -2.43. The van der Waals surface area contributed by atoms with Gasteiger partial charge in [0.05, 0.1) is 24.2 Å². The fourth-order valence-corrected chi connectivity index (χ4v) is 6.45. The zero-order valence-electron chi connectivity index (χ0n) is 18.0. The Morgan fingerprint density at radius 3 is 2.54 bits per heavy atom. The van der Waals surface area contributed by atoms with Crippen LogP contribution in [-0.2, 0) is 18.8 Å². The highest BCUT2D eigenvalue weighted by atomic mass is 28.4. The van der Waals surface area contributed by atoms with Crippen LogP contribution in [0.15, 0.2) is 23.3 Å². The average Bonchev–Trinajstić information content (AvgIpc) is 2.85. The standard InChI is InChI=1S/C22H34O5Si/c1-7-26-20(25)16-14(23)8-10-22(3)13-12-21(2)11-9-15(27-28(4,5)6)17(21)19(24)18(16)22/h8,10,14-15,17,23H,7,9,11-13H2,1-6H3/t14?,15-,17?,21-,22?/m0/s1. The molecule has 0 aromatic rings. The molecule has 0 aromatic carbocycles. The summed E-state index contributed by atoms with van der Waals surface area (Å²) in [7, 11) is -1.83. The van der Waals surface area contributed by atoms with Crippen molar-refractivity contribution in [3.63, 3.8) is 0 Å². The predicted octanol–water partition coefficient (Wildman–Crippen LogP) is 3.78. The summed E-state index contributed by atoms with van der Waals surface area (Å²) in [6.07, 6.45) is 5.79. The summed E-state index contributed by atoms with van der Waals surface area (Å²) in [6.45, 7) is 12.6. The second-order valence-electron chi connectivity index (χ2n) is 10.0. The highest BCUT2D eigenvalue weighted by Crippen LogP contribution is 2.57. The topological polar surface area (TPSA) is 72.8 Å². The Bertz CT molecular complexity index is 734. The molecule has 5 nitrogen and oxygen atoms in total. The second kappa shape index (κ2) is 7.22. The van der Waals surface area contributed by atoms with Crippen molar-refractivity contribution in [1.29, 1.82) is 0 Å². The summed E-state index contributed by atoms with van der Waals surface area (Å²) < 4.78 is 11.7. The number of ether oxygens (including phenoxy) is 1. The van der Waals surface area contributed by atoms with Crippen LogP contribution in [0.4, 0.5) is 0 Å². The first-order valence-electron chi connectivity index (χ1n) is 10.4. The number of fused-ring (bicyclic) bond motifs is 2. The minimum atomic E-state index is -1.83. The number of ketones is 1. The number of aliphatic hydroxyl groups excluding tert-OH is 1. The van der Waals surface area contributed by atoms with E-state index in [1.165, 1.54) is 0 Å². The summed E-state index contributed by atoms with van der Waals surface area (Å²) in [4.78, 5) is 26.7. The van der Waals surface area contributed by atoms with Gasteiger partial charge in [-0.15, -0.1) is 0 Å². The van der Waals surface area contributed by atoms with E-state index >= 15 is 0 Å². The van der Waals surface area contributed by atoms with Crippen LogP contribution in [0.25, 0.3) is 0 Å². The molecule has 0 spiro atoms. The van der Waals surface area contributed by atoms with Gasteiger partial charge in [-0.05, 0) is 57.7 Å². The summed E-state index contributed by atoms with van der Waals surface area (Å²) >= 11 is 0. The first kappa shape index (κ1) is 21.5. The number of Topliss-reactive ketones (excluding diaryl/α,β-unsaturated/α-hetero) is 1. The third kappa shape index (κ3) is 3.66. The molecular formula is C22H34O5Si. The van der Waals surface area contributed by atoms with Gasteiger partial charge in [0, 0.05) is 11.0 Å². The molecule has 28 heavy (non-hydrogen) atoms. The zero-order chi connectivity index (χ0) is 20.9. The van der Waals surface area contributed by atoms with Crippen LogP contribution in [0, 0.1) is 16.7 Å². The summed E-state index contributed by atoms with van der Waals surface area (Å²) in [5, 5.41) is 10.6. The lowest BCUT2D eigenvalue weighted by atomic mass is 9.70. The van der Waals surface area contributed by atoms with E-state index in [2.05, 4.69) is 26.6 Å². The van der Waals surface area contributed by atoms with E-state index in [9.17, 15) is 14.7 Å². The van der Waals surface area contributed by atoms with Gasteiger partial charge in [0.1, 0.15) is 6.10 Å². The molecule has 3 aliphatic rings. The van der Waals surface area contributed by atoms with Gasteiger partial charge in [-0.3, -0.25) is 4.79 Å². The highest BCUT2D eigenvalue weighted by molar-refractivity contribution is 6.69. The maximum Gasteiger partial charge on any atom is 0.337 e. The molecule has 2 fully saturated rings. The van der Waals surface area contributed by atoms with E-state index in [-0.39, 0.29) is 35.4 Å². The second-order valence-corrected chi connectivity index (χ2v) is 14.5. The molecule has 2 saturated carbocycles. The highest BCUT2D eigenvalue weighted by Gasteiger charge is 2.56. The Morgan fingerprint density at radius 1 is 1.25 bits per heavy atom. The van der Waals surface area contributed by atoms with Crippen LogP contribution in [0.3, 0.4) is 0 Å². The van der Waals surface area contributed by atoms with Crippen LogP contribution in [0.1, 0.15) is 46.5 Å². The molecule has 0 aromatic heterocycles. The van der Waals surface area contributed by atoms with Gasteiger partial charge in [0.25, 0.3) is 0 Å². The molecule has 5 atom stereocenters. The van der Waals surface area contributed by atoms with Crippen molar-refractivity contribution in [2.24, 2.45) is 16.7 Å².